The van der Waals surface area contributed by atoms with E-state index in [1.165, 1.54) is 0 Å². The van der Waals surface area contributed by atoms with E-state index in [-0.39, 0.29) is 5.92 Å². The second kappa shape index (κ2) is 5.69. The second-order valence-corrected chi connectivity index (χ2v) is 7.01. The first kappa shape index (κ1) is 14.8. The highest BCUT2D eigenvalue weighted by Gasteiger charge is 2.53. The molecule has 0 unspecified atom stereocenters. The molecule has 2 aromatic rings. The van der Waals surface area contributed by atoms with E-state index in [2.05, 4.69) is 20.9 Å². The summed E-state index contributed by atoms with van der Waals surface area (Å²) in [5.41, 5.74) is 2.31. The number of rotatable bonds is 3. The van der Waals surface area contributed by atoms with Gasteiger partial charge in [-0.25, -0.2) is 0 Å². The van der Waals surface area contributed by atoms with E-state index in [4.69, 9.17) is 0 Å². The van der Waals surface area contributed by atoms with Gasteiger partial charge in [-0.05, 0) is 49.4 Å². The van der Waals surface area contributed by atoms with Crippen molar-refractivity contribution in [1.82, 2.24) is 14.9 Å². The minimum Gasteiger partial charge on any atom is -0.383 e. The molecule has 0 radical (unpaired) electrons. The first-order chi connectivity index (χ1) is 11.2. The summed E-state index contributed by atoms with van der Waals surface area (Å²) in [6.07, 6.45) is 5.56. The predicted octanol–water partition coefficient (Wildman–Crippen LogP) is 2.51. The molecular weight excluding hydrogens is 286 g/mol. The van der Waals surface area contributed by atoms with E-state index in [0.717, 1.165) is 49.4 Å². The lowest BCUT2D eigenvalue weighted by Crippen LogP contribution is -2.36. The number of pyridine rings is 2. The van der Waals surface area contributed by atoms with Gasteiger partial charge in [0.1, 0.15) is 5.60 Å². The molecule has 4 heteroatoms. The van der Waals surface area contributed by atoms with Crippen LogP contribution in [0.2, 0.25) is 0 Å². The van der Waals surface area contributed by atoms with Crippen LogP contribution in [0, 0.1) is 18.8 Å². The van der Waals surface area contributed by atoms with Crippen molar-refractivity contribution in [1.29, 1.82) is 0 Å². The maximum Gasteiger partial charge on any atom is 0.111 e. The van der Waals surface area contributed by atoms with Crippen LogP contribution in [0.4, 0.5) is 0 Å². The van der Waals surface area contributed by atoms with Gasteiger partial charge < -0.3 is 5.11 Å². The number of aromatic nitrogens is 2. The maximum absolute atomic E-state index is 11.4. The van der Waals surface area contributed by atoms with E-state index in [1.807, 2.05) is 37.4 Å². The first-order valence-corrected chi connectivity index (χ1v) is 8.43. The van der Waals surface area contributed by atoms with Crippen LogP contribution in [0.1, 0.15) is 29.8 Å². The summed E-state index contributed by atoms with van der Waals surface area (Å²) < 4.78 is 0. The van der Waals surface area contributed by atoms with Crippen LogP contribution in [0.5, 0.6) is 0 Å². The molecule has 1 aliphatic heterocycles. The molecule has 1 aliphatic carbocycles. The Morgan fingerprint density at radius 1 is 1.17 bits per heavy atom. The largest absolute Gasteiger partial charge is 0.383 e. The highest BCUT2D eigenvalue weighted by molar-refractivity contribution is 5.27. The first-order valence-electron chi connectivity index (χ1n) is 8.43. The zero-order valence-corrected chi connectivity index (χ0v) is 13.5. The number of hydrogen-bond acceptors (Lipinski definition) is 4. The molecule has 3 heterocycles. The summed E-state index contributed by atoms with van der Waals surface area (Å²) >= 11 is 0. The van der Waals surface area contributed by atoms with E-state index in [1.54, 1.807) is 6.20 Å². The fourth-order valence-electron chi connectivity index (χ4n) is 4.47. The molecule has 0 amide bonds. The lowest BCUT2D eigenvalue weighted by atomic mass is 9.83. The van der Waals surface area contributed by atoms with Crippen molar-refractivity contribution < 1.29 is 5.11 Å². The topological polar surface area (TPSA) is 49.3 Å². The fourth-order valence-corrected chi connectivity index (χ4v) is 4.47. The molecule has 0 aromatic carbocycles. The Hall–Kier alpha value is -1.78. The smallest absolute Gasteiger partial charge is 0.111 e. The number of hydrogen-bond donors (Lipinski definition) is 1. The highest BCUT2D eigenvalue weighted by Crippen LogP contribution is 2.50. The lowest BCUT2D eigenvalue weighted by Gasteiger charge is -2.31. The third-order valence-corrected chi connectivity index (χ3v) is 5.56. The molecule has 3 atom stereocenters. The van der Waals surface area contributed by atoms with Crippen LogP contribution in [-0.2, 0) is 12.1 Å². The summed E-state index contributed by atoms with van der Waals surface area (Å²) in [5.74, 6) is 0.838. The van der Waals surface area contributed by atoms with Crippen molar-refractivity contribution in [3.63, 3.8) is 0 Å². The van der Waals surface area contributed by atoms with Crippen molar-refractivity contribution >= 4 is 0 Å². The Bertz CT molecular complexity index is 690. The molecule has 1 saturated heterocycles. The second-order valence-electron chi connectivity index (χ2n) is 7.01. The number of aliphatic hydroxyl groups is 1. The van der Waals surface area contributed by atoms with Gasteiger partial charge in [0.2, 0.25) is 0 Å². The SMILES string of the molecule is Cc1cccnc1[C@]1(O)CC[C@H]2CN(Cc3ccccn3)C[C@H]21. The van der Waals surface area contributed by atoms with Crippen LogP contribution in [0.25, 0.3) is 0 Å². The summed E-state index contributed by atoms with van der Waals surface area (Å²) in [5, 5.41) is 11.4. The lowest BCUT2D eigenvalue weighted by molar-refractivity contribution is -0.0114. The standard InChI is InChI=1S/C19H23N3O/c1-14-5-4-10-21-18(14)19(23)8-7-15-11-22(13-17(15)19)12-16-6-2-3-9-20-16/h2-6,9-10,15,17,23H,7-8,11-13H2,1H3/t15-,17+,19-/m0/s1. The van der Waals surface area contributed by atoms with E-state index in [9.17, 15) is 5.11 Å². The summed E-state index contributed by atoms with van der Waals surface area (Å²) in [6.45, 7) is 4.89. The summed E-state index contributed by atoms with van der Waals surface area (Å²) in [7, 11) is 0. The molecule has 23 heavy (non-hydrogen) atoms. The molecule has 0 spiro atoms. The van der Waals surface area contributed by atoms with Crippen molar-refractivity contribution in [2.45, 2.75) is 31.9 Å². The van der Waals surface area contributed by atoms with Crippen molar-refractivity contribution in [2.24, 2.45) is 11.8 Å². The molecule has 4 rings (SSSR count). The van der Waals surface area contributed by atoms with Gasteiger partial charge in [0.15, 0.2) is 0 Å². The normalized spacial score (nSPS) is 30.5. The number of fused-ring (bicyclic) bond motifs is 1. The van der Waals surface area contributed by atoms with E-state index < -0.39 is 5.60 Å². The van der Waals surface area contributed by atoms with Crippen LogP contribution in [-0.4, -0.2) is 33.1 Å². The maximum atomic E-state index is 11.4. The van der Waals surface area contributed by atoms with Gasteiger partial charge in [0, 0.05) is 37.9 Å². The Kier molecular flexibility index (Phi) is 3.66. The molecule has 2 aromatic heterocycles. The summed E-state index contributed by atoms with van der Waals surface area (Å²) in [6, 6.07) is 10.0. The minimum absolute atomic E-state index is 0.278. The number of nitrogens with zero attached hydrogens (tertiary/aromatic N) is 3. The van der Waals surface area contributed by atoms with Crippen molar-refractivity contribution in [2.75, 3.05) is 13.1 Å². The van der Waals surface area contributed by atoms with Gasteiger partial charge in [-0.2, -0.15) is 0 Å². The third kappa shape index (κ3) is 2.56. The third-order valence-electron chi connectivity index (χ3n) is 5.56. The Morgan fingerprint density at radius 2 is 2.04 bits per heavy atom. The molecule has 2 fully saturated rings. The van der Waals surface area contributed by atoms with Gasteiger partial charge >= 0.3 is 0 Å². The fraction of sp³-hybridized carbons (Fsp3) is 0.474. The molecular formula is C19H23N3O. The number of aryl methyl sites for hydroxylation is 1. The van der Waals surface area contributed by atoms with Gasteiger partial charge in [0.25, 0.3) is 0 Å². The molecule has 1 N–H and O–H groups in total. The molecule has 4 nitrogen and oxygen atoms in total. The molecule has 2 aliphatic rings. The number of likely N-dealkylation sites (tertiary alicyclic amines) is 1. The average Bonchev–Trinajstić information content (AvgIpc) is 3.10. The molecule has 1 saturated carbocycles. The quantitative estimate of drug-likeness (QED) is 0.946. The van der Waals surface area contributed by atoms with Gasteiger partial charge in [0.05, 0.1) is 11.4 Å². The molecule has 0 bridgehead atoms. The summed E-state index contributed by atoms with van der Waals surface area (Å²) in [4.78, 5) is 11.4. The van der Waals surface area contributed by atoms with Crippen LogP contribution in [0.3, 0.4) is 0 Å². The van der Waals surface area contributed by atoms with Gasteiger partial charge in [-0.1, -0.05) is 12.1 Å². The Balaban J connectivity index is 1.55. The van der Waals surface area contributed by atoms with Crippen molar-refractivity contribution in [3.05, 3.63) is 59.7 Å². The predicted molar refractivity (Wildman–Crippen MR) is 88.6 cm³/mol. The highest BCUT2D eigenvalue weighted by atomic mass is 16.3. The molecule has 120 valence electrons. The zero-order chi connectivity index (χ0) is 15.9. The average molecular weight is 309 g/mol. The van der Waals surface area contributed by atoms with E-state index >= 15 is 0 Å². The Labute approximate surface area is 137 Å². The van der Waals surface area contributed by atoms with Crippen LogP contribution in [0.15, 0.2) is 42.7 Å². The van der Waals surface area contributed by atoms with Crippen LogP contribution >= 0.6 is 0 Å². The van der Waals surface area contributed by atoms with Crippen molar-refractivity contribution in [3.8, 4) is 0 Å². The minimum atomic E-state index is -0.769. The van der Waals surface area contributed by atoms with Gasteiger partial charge in [-0.3, -0.25) is 14.9 Å². The van der Waals surface area contributed by atoms with Gasteiger partial charge in [-0.15, -0.1) is 0 Å². The van der Waals surface area contributed by atoms with Crippen LogP contribution < -0.4 is 0 Å². The van der Waals surface area contributed by atoms with E-state index in [0.29, 0.717) is 5.92 Å². The monoisotopic (exact) mass is 309 g/mol. The Morgan fingerprint density at radius 3 is 2.83 bits per heavy atom. The zero-order valence-electron chi connectivity index (χ0n) is 13.5.